The van der Waals surface area contributed by atoms with Crippen LogP contribution in [0.5, 0.6) is 0 Å². The third kappa shape index (κ3) is 8.35. The van der Waals surface area contributed by atoms with Crippen LogP contribution in [0, 0.1) is 5.92 Å². The van der Waals surface area contributed by atoms with E-state index in [2.05, 4.69) is 20.8 Å². The Kier molecular flexibility index (Phi) is 11.5. The minimum absolute atomic E-state index is 0.246. The molecule has 0 aromatic heterocycles. The molecule has 0 fully saturated rings. The molecule has 1 aliphatic carbocycles. The average molecular weight is 511 g/mol. The summed E-state index contributed by atoms with van der Waals surface area (Å²) in [5.41, 5.74) is 3.38. The topological polar surface area (TPSA) is 18.5 Å². The lowest BCUT2D eigenvalue weighted by Gasteiger charge is -2.38. The van der Waals surface area contributed by atoms with Gasteiger partial charge in [0.05, 0.1) is 13.2 Å². The normalized spacial score (nSPS) is 19.5. The highest BCUT2D eigenvalue weighted by molar-refractivity contribution is 5.78. The van der Waals surface area contributed by atoms with E-state index in [0.717, 1.165) is 61.3 Å². The molecule has 2 aromatic rings. The minimum atomic E-state index is -3.28. The van der Waals surface area contributed by atoms with Crippen LogP contribution in [0.15, 0.2) is 72.8 Å². The molecule has 1 aliphatic rings. The zero-order valence-corrected chi connectivity index (χ0v) is 22.9. The van der Waals surface area contributed by atoms with Gasteiger partial charge in [-0.25, -0.2) is 0 Å². The van der Waals surface area contributed by atoms with Crippen molar-refractivity contribution in [1.29, 1.82) is 0 Å². The first kappa shape index (κ1) is 29.3. The number of allylic oxidation sites excluding steroid dienone is 2. The summed E-state index contributed by atoms with van der Waals surface area (Å²) in [6.07, 6.45) is 13.4. The van der Waals surface area contributed by atoms with Crippen molar-refractivity contribution in [2.45, 2.75) is 90.3 Å². The Labute approximate surface area is 222 Å². The van der Waals surface area contributed by atoms with Gasteiger partial charge in [0.2, 0.25) is 0 Å². The van der Waals surface area contributed by atoms with E-state index in [1.165, 1.54) is 25.3 Å². The van der Waals surface area contributed by atoms with Crippen molar-refractivity contribution in [3.8, 4) is 11.1 Å². The first-order chi connectivity index (χ1) is 17.9. The Bertz CT molecular complexity index is 981. The molecule has 0 aliphatic heterocycles. The predicted octanol–water partition coefficient (Wildman–Crippen LogP) is 9.86. The molecule has 4 heteroatoms. The van der Waals surface area contributed by atoms with Crippen LogP contribution in [0.3, 0.4) is 0 Å². The van der Waals surface area contributed by atoms with Gasteiger partial charge < -0.3 is 9.47 Å². The maximum absolute atomic E-state index is 15.8. The molecule has 0 spiro atoms. The van der Waals surface area contributed by atoms with E-state index in [-0.39, 0.29) is 13.2 Å². The molecule has 0 N–H and O–H groups in total. The number of unbranched alkanes of at least 4 members (excludes halogenated alkanes) is 5. The van der Waals surface area contributed by atoms with Gasteiger partial charge in [0, 0.05) is 0 Å². The van der Waals surface area contributed by atoms with E-state index in [1.807, 2.05) is 54.6 Å². The monoisotopic (exact) mass is 510 g/mol. The first-order valence-corrected chi connectivity index (χ1v) is 14.1. The molecule has 37 heavy (non-hydrogen) atoms. The highest BCUT2D eigenvalue weighted by atomic mass is 19.3. The van der Waals surface area contributed by atoms with Crippen molar-refractivity contribution in [1.82, 2.24) is 0 Å². The van der Waals surface area contributed by atoms with Crippen molar-refractivity contribution >= 4 is 5.57 Å². The van der Waals surface area contributed by atoms with Crippen LogP contribution in [0.4, 0.5) is 8.78 Å². The Morgan fingerprint density at radius 2 is 1.32 bits per heavy atom. The van der Waals surface area contributed by atoms with E-state index >= 15 is 8.78 Å². The Balaban J connectivity index is 1.70. The molecule has 0 bridgehead atoms. The molecule has 2 unspecified atom stereocenters. The maximum Gasteiger partial charge on any atom is 0.324 e. The summed E-state index contributed by atoms with van der Waals surface area (Å²) >= 11 is 0. The third-order valence-corrected chi connectivity index (χ3v) is 7.28. The van der Waals surface area contributed by atoms with Gasteiger partial charge in [0.15, 0.2) is 0 Å². The second kappa shape index (κ2) is 14.6. The fourth-order valence-corrected chi connectivity index (χ4v) is 4.62. The molecule has 202 valence electrons. The number of ether oxygens (including phenoxy) is 2. The van der Waals surface area contributed by atoms with Gasteiger partial charge in [-0.3, -0.25) is 0 Å². The molecular weight excluding hydrogens is 466 g/mol. The maximum atomic E-state index is 15.8. The van der Waals surface area contributed by atoms with Gasteiger partial charge in [-0.2, -0.15) is 8.78 Å². The highest BCUT2D eigenvalue weighted by Crippen LogP contribution is 2.42. The number of rotatable bonds is 16. The zero-order chi connectivity index (χ0) is 26.6. The predicted molar refractivity (Wildman–Crippen MR) is 151 cm³/mol. The van der Waals surface area contributed by atoms with Gasteiger partial charge in [-0.15, -0.1) is 0 Å². The summed E-state index contributed by atoms with van der Waals surface area (Å²) in [6.45, 7) is 7.01. The average Bonchev–Trinajstić information content (AvgIpc) is 2.92. The van der Waals surface area contributed by atoms with Crippen LogP contribution >= 0.6 is 0 Å². The summed E-state index contributed by atoms with van der Waals surface area (Å²) in [4.78, 5) is 0. The summed E-state index contributed by atoms with van der Waals surface area (Å²) < 4.78 is 43.3. The van der Waals surface area contributed by atoms with Crippen molar-refractivity contribution in [3.63, 3.8) is 0 Å². The summed E-state index contributed by atoms with van der Waals surface area (Å²) in [7, 11) is 0. The van der Waals surface area contributed by atoms with E-state index in [4.69, 9.17) is 9.47 Å². The number of halogens is 2. The van der Waals surface area contributed by atoms with Crippen molar-refractivity contribution in [3.05, 3.63) is 78.4 Å². The largest absolute Gasteiger partial charge is 0.341 e. The van der Waals surface area contributed by atoms with Gasteiger partial charge >= 0.3 is 5.92 Å². The van der Waals surface area contributed by atoms with Crippen LogP contribution < -0.4 is 0 Å². The standard InChI is InChI=1S/C33H44F2O2/c1-4-6-7-8-9-13-24-36-33(37-25-14-15-27(3)5-2)23-22-31(26-32(33,34)35)30-20-18-29(19-21-30)28-16-11-10-12-17-28/h10-12,16-23,26-27H,4-9,13-15,24-25H2,1-3H3. The van der Waals surface area contributed by atoms with Crippen molar-refractivity contribution in [2.75, 3.05) is 13.2 Å². The van der Waals surface area contributed by atoms with Crippen LogP contribution in [0.2, 0.25) is 0 Å². The van der Waals surface area contributed by atoms with Crippen LogP contribution in [0.25, 0.3) is 16.7 Å². The molecule has 3 rings (SSSR count). The molecule has 0 amide bonds. The lowest BCUT2D eigenvalue weighted by molar-refractivity contribution is -0.295. The second-order valence-electron chi connectivity index (χ2n) is 10.3. The van der Waals surface area contributed by atoms with E-state index in [9.17, 15) is 0 Å². The lowest BCUT2D eigenvalue weighted by Crippen LogP contribution is -2.51. The summed E-state index contributed by atoms with van der Waals surface area (Å²) in [6, 6.07) is 17.8. The molecule has 2 nitrogen and oxygen atoms in total. The van der Waals surface area contributed by atoms with Crippen molar-refractivity contribution < 1.29 is 18.3 Å². The molecule has 0 radical (unpaired) electrons. The fraction of sp³-hybridized carbons (Fsp3) is 0.515. The SMILES string of the molecule is CCCCCCCCOC1(OCCCC(C)CC)C=CC(c2ccc(-c3ccccc3)cc2)=CC1(F)F. The summed E-state index contributed by atoms with van der Waals surface area (Å²) in [5, 5.41) is 0. The summed E-state index contributed by atoms with van der Waals surface area (Å²) in [5.74, 6) is -4.79. The number of benzene rings is 2. The van der Waals surface area contributed by atoms with E-state index < -0.39 is 11.7 Å². The zero-order valence-electron chi connectivity index (χ0n) is 22.9. The minimum Gasteiger partial charge on any atom is -0.341 e. The quantitative estimate of drug-likeness (QED) is 0.165. The second-order valence-corrected chi connectivity index (χ2v) is 10.3. The number of alkyl halides is 2. The van der Waals surface area contributed by atoms with Gasteiger partial charge in [-0.05, 0) is 59.6 Å². The smallest absolute Gasteiger partial charge is 0.324 e. The Morgan fingerprint density at radius 1 is 0.730 bits per heavy atom. The van der Waals surface area contributed by atoms with E-state index in [0.29, 0.717) is 11.5 Å². The van der Waals surface area contributed by atoms with Crippen LogP contribution in [0.1, 0.15) is 84.1 Å². The van der Waals surface area contributed by atoms with Crippen LogP contribution in [-0.4, -0.2) is 24.9 Å². The Hall–Kier alpha value is -2.30. The van der Waals surface area contributed by atoms with E-state index in [1.54, 1.807) is 6.08 Å². The number of hydrogen-bond acceptors (Lipinski definition) is 2. The highest BCUT2D eigenvalue weighted by Gasteiger charge is 2.55. The van der Waals surface area contributed by atoms with Gasteiger partial charge in [-0.1, -0.05) is 120 Å². The number of hydrogen-bond donors (Lipinski definition) is 0. The molecule has 0 heterocycles. The lowest BCUT2D eigenvalue weighted by atomic mass is 9.92. The van der Waals surface area contributed by atoms with Gasteiger partial charge in [0.1, 0.15) is 0 Å². The molecule has 0 saturated heterocycles. The molecular formula is C33H44F2O2. The Morgan fingerprint density at radius 3 is 1.97 bits per heavy atom. The fourth-order valence-electron chi connectivity index (χ4n) is 4.62. The molecule has 2 atom stereocenters. The van der Waals surface area contributed by atoms with Crippen molar-refractivity contribution in [2.24, 2.45) is 5.92 Å². The molecule has 0 saturated carbocycles. The van der Waals surface area contributed by atoms with Crippen LogP contribution in [-0.2, 0) is 9.47 Å². The third-order valence-electron chi connectivity index (χ3n) is 7.28. The first-order valence-electron chi connectivity index (χ1n) is 14.1. The van der Waals surface area contributed by atoms with Gasteiger partial charge in [0.25, 0.3) is 5.79 Å². The molecule has 2 aromatic carbocycles.